The molecule has 1 aromatic heterocycles. The van der Waals surface area contributed by atoms with Crippen molar-refractivity contribution in [1.29, 1.82) is 0 Å². The van der Waals surface area contributed by atoms with Gasteiger partial charge in [0.1, 0.15) is 11.4 Å². The molecule has 0 atom stereocenters. The van der Waals surface area contributed by atoms with Gasteiger partial charge in [0, 0.05) is 51.2 Å². The number of likely N-dealkylation sites (N-methyl/N-ethyl adjacent to an activating group) is 2. The molecule has 0 unspecified atom stereocenters. The van der Waals surface area contributed by atoms with Crippen LogP contribution in [-0.4, -0.2) is 74.9 Å². The minimum Gasteiger partial charge on any atom is -0.382 e. The fourth-order valence-electron chi connectivity index (χ4n) is 3.90. The summed E-state index contributed by atoms with van der Waals surface area (Å²) < 4.78 is 41.2. The van der Waals surface area contributed by atoms with Crippen LogP contribution in [0, 0.1) is 6.92 Å². The van der Waals surface area contributed by atoms with E-state index >= 15 is 0 Å². The number of carbonyl (C=O) groups excluding carboxylic acids is 1. The van der Waals surface area contributed by atoms with Crippen LogP contribution in [0.15, 0.2) is 54.2 Å². The van der Waals surface area contributed by atoms with Crippen LogP contribution in [0.5, 0.6) is 0 Å². The number of carbonyl (C=O) groups is 1. The molecule has 0 bridgehead atoms. The van der Waals surface area contributed by atoms with Crippen LogP contribution < -0.4 is 31.9 Å². The zero-order valence-corrected chi connectivity index (χ0v) is 25.0. The lowest BCUT2D eigenvalue weighted by Crippen LogP contribution is -2.28. The van der Waals surface area contributed by atoms with Gasteiger partial charge in [-0.2, -0.15) is 18.2 Å². The third-order valence-electron chi connectivity index (χ3n) is 6.35. The van der Waals surface area contributed by atoms with Crippen molar-refractivity contribution in [2.45, 2.75) is 13.1 Å². The largest absolute Gasteiger partial charge is 0.416 e. The third kappa shape index (κ3) is 8.35. The number of aryl methyl sites for hydroxylation is 1. The number of nitrogen functional groups attached to an aromatic ring is 1. The summed E-state index contributed by atoms with van der Waals surface area (Å²) in [4.78, 5) is 31.7. The second kappa shape index (κ2) is 13.4. The molecule has 0 aliphatic rings. The van der Waals surface area contributed by atoms with Gasteiger partial charge in [0.05, 0.1) is 11.3 Å². The minimum atomic E-state index is -4.60. The lowest BCUT2D eigenvalue weighted by molar-refractivity contribution is -0.137. The molecule has 0 fully saturated rings. The Labute approximate surface area is 249 Å². The van der Waals surface area contributed by atoms with Crippen LogP contribution in [0.25, 0.3) is 0 Å². The molecule has 0 aliphatic carbocycles. The number of halogens is 3. The molecule has 11 nitrogen and oxygen atoms in total. The molecule has 2 aromatic carbocycles. The summed E-state index contributed by atoms with van der Waals surface area (Å²) in [5.41, 5.74) is 13.7. The van der Waals surface area contributed by atoms with E-state index in [1.807, 2.05) is 19.0 Å². The zero-order chi connectivity index (χ0) is 32.1. The molecule has 0 radical (unpaired) electrons. The molecule has 0 saturated carbocycles. The maximum atomic E-state index is 13.7. The molecule has 3 aromatic rings. The molecule has 1 amide bonds. The highest BCUT2D eigenvalue weighted by Crippen LogP contribution is 2.35. The van der Waals surface area contributed by atoms with Crippen molar-refractivity contribution >= 4 is 46.3 Å². The normalized spacial score (nSPS) is 11.8. The summed E-state index contributed by atoms with van der Waals surface area (Å²) in [6.07, 6.45) is -3.20. The molecule has 0 aliphatic heterocycles. The quantitative estimate of drug-likeness (QED) is 0.188. The smallest absolute Gasteiger partial charge is 0.382 e. The predicted octanol–water partition coefficient (Wildman–Crippen LogP) is 4.29. The summed E-state index contributed by atoms with van der Waals surface area (Å²) in [5.74, 6) is -0.195. The molecule has 6 N–H and O–H groups in total. The molecule has 43 heavy (non-hydrogen) atoms. The lowest BCUT2D eigenvalue weighted by atomic mass is 10.1. The van der Waals surface area contributed by atoms with E-state index in [2.05, 4.69) is 32.2 Å². The summed E-state index contributed by atoms with van der Waals surface area (Å²) in [6.45, 7) is 6.54. The van der Waals surface area contributed by atoms with Crippen LogP contribution in [0.2, 0.25) is 0 Å². The summed E-state index contributed by atoms with van der Waals surface area (Å²) >= 11 is 0. The van der Waals surface area contributed by atoms with E-state index in [4.69, 9.17) is 11.5 Å². The Morgan fingerprint density at radius 1 is 1.07 bits per heavy atom. The highest BCUT2D eigenvalue weighted by atomic mass is 19.4. The van der Waals surface area contributed by atoms with Crippen LogP contribution >= 0.6 is 0 Å². The van der Waals surface area contributed by atoms with Gasteiger partial charge in [-0.3, -0.25) is 4.79 Å². The van der Waals surface area contributed by atoms with E-state index in [1.54, 1.807) is 50.0 Å². The number of anilines is 5. The molecule has 230 valence electrons. The highest BCUT2D eigenvalue weighted by Gasteiger charge is 2.32. The Kier molecular flexibility index (Phi) is 10.2. The van der Waals surface area contributed by atoms with E-state index < -0.39 is 17.6 Å². The first-order chi connectivity index (χ1) is 20.1. The van der Waals surface area contributed by atoms with Crippen molar-refractivity contribution in [2.75, 3.05) is 74.5 Å². The maximum Gasteiger partial charge on any atom is 0.416 e. The molecular weight excluding hydrogens is 561 g/mol. The van der Waals surface area contributed by atoms with E-state index in [1.165, 1.54) is 18.3 Å². The van der Waals surface area contributed by atoms with Gasteiger partial charge in [-0.1, -0.05) is 12.6 Å². The van der Waals surface area contributed by atoms with Crippen molar-refractivity contribution in [1.82, 2.24) is 14.9 Å². The topological polar surface area (TPSA) is 141 Å². The molecular formula is C29H37F3N10O. The SMILES string of the molecule is C=CNc1c(N)nc(N(C)C)nc1C(N)=Nc1cc(C(=O)Nc2cc(N(C)CCN(C)C)cc(C(F)(F)F)c2)ccc1C. The number of aromatic nitrogens is 2. The van der Waals surface area contributed by atoms with Crippen LogP contribution in [-0.2, 0) is 6.18 Å². The fourth-order valence-corrected chi connectivity index (χ4v) is 3.90. The number of hydrogen-bond donors (Lipinski definition) is 4. The monoisotopic (exact) mass is 598 g/mol. The highest BCUT2D eigenvalue weighted by molar-refractivity contribution is 6.06. The van der Waals surface area contributed by atoms with Crippen LogP contribution in [0.4, 0.5) is 47.7 Å². The second-order valence-corrected chi connectivity index (χ2v) is 10.3. The first-order valence-electron chi connectivity index (χ1n) is 13.2. The number of alkyl halides is 3. The van der Waals surface area contributed by atoms with Crippen molar-refractivity contribution < 1.29 is 18.0 Å². The third-order valence-corrected chi connectivity index (χ3v) is 6.35. The number of nitrogens with zero attached hydrogens (tertiary/aromatic N) is 6. The number of nitrogens with one attached hydrogen (secondary N) is 2. The summed E-state index contributed by atoms with van der Waals surface area (Å²) in [7, 11) is 8.93. The summed E-state index contributed by atoms with van der Waals surface area (Å²) in [6, 6.07) is 8.18. The number of aliphatic imine (C=N–C) groups is 1. The minimum absolute atomic E-state index is 0.00415. The Bertz CT molecular complexity index is 1520. The number of amides is 1. The Morgan fingerprint density at radius 2 is 1.77 bits per heavy atom. The fraction of sp³-hybridized carbons (Fsp3) is 0.310. The Hall–Kier alpha value is -4.85. The van der Waals surface area contributed by atoms with E-state index in [0.717, 1.165) is 12.1 Å². The molecule has 1 heterocycles. The van der Waals surface area contributed by atoms with E-state index in [-0.39, 0.29) is 28.6 Å². The van der Waals surface area contributed by atoms with Gasteiger partial charge in [0.2, 0.25) is 5.95 Å². The predicted molar refractivity (Wildman–Crippen MR) is 167 cm³/mol. The standard InChI is InChI=1S/C29H37F3N10O/c1-8-35-23-24(38-28(41(5)6)39-25(23)33)26(34)37-22-13-18(10-9-17(22)2)27(43)36-20-14-19(29(30,31)32)15-21(16-20)42(7)12-11-40(3)4/h8-10,13-16,35H,1,11-12H2,2-7H3,(H2,34,37)(H,36,43)(H2,33,38,39). The zero-order valence-electron chi connectivity index (χ0n) is 25.0. The first-order valence-corrected chi connectivity index (χ1v) is 13.2. The number of hydrogen-bond acceptors (Lipinski definition) is 9. The van der Waals surface area contributed by atoms with Gasteiger partial charge in [0.25, 0.3) is 5.91 Å². The lowest BCUT2D eigenvalue weighted by Gasteiger charge is -2.23. The molecule has 0 spiro atoms. The maximum absolute atomic E-state index is 13.7. The van der Waals surface area contributed by atoms with Gasteiger partial charge in [0.15, 0.2) is 11.7 Å². The van der Waals surface area contributed by atoms with Gasteiger partial charge in [-0.25, -0.2) is 9.98 Å². The van der Waals surface area contributed by atoms with E-state index in [0.29, 0.717) is 41.7 Å². The Balaban J connectivity index is 1.98. The first kappa shape index (κ1) is 32.7. The van der Waals surface area contributed by atoms with Crippen molar-refractivity contribution in [2.24, 2.45) is 10.7 Å². The van der Waals surface area contributed by atoms with Gasteiger partial charge in [-0.05, 0) is 63.1 Å². The van der Waals surface area contributed by atoms with Crippen molar-refractivity contribution in [3.05, 3.63) is 71.6 Å². The molecule has 3 rings (SSSR count). The number of nitrogens with two attached hydrogens (primary N) is 2. The second-order valence-electron chi connectivity index (χ2n) is 10.3. The van der Waals surface area contributed by atoms with E-state index in [9.17, 15) is 18.0 Å². The van der Waals surface area contributed by atoms with Gasteiger partial charge < -0.3 is 36.8 Å². The van der Waals surface area contributed by atoms with Gasteiger partial charge in [-0.15, -0.1) is 0 Å². The number of rotatable bonds is 11. The number of benzene rings is 2. The van der Waals surface area contributed by atoms with Crippen LogP contribution in [0.1, 0.15) is 27.2 Å². The molecule has 0 saturated heterocycles. The van der Waals surface area contributed by atoms with Gasteiger partial charge >= 0.3 is 6.18 Å². The number of amidine groups is 1. The van der Waals surface area contributed by atoms with Crippen LogP contribution in [0.3, 0.4) is 0 Å². The Morgan fingerprint density at radius 3 is 2.37 bits per heavy atom. The van der Waals surface area contributed by atoms with Crippen molar-refractivity contribution in [3.8, 4) is 0 Å². The van der Waals surface area contributed by atoms with Crippen molar-refractivity contribution in [3.63, 3.8) is 0 Å². The average Bonchev–Trinajstić information content (AvgIpc) is 2.92. The average molecular weight is 599 g/mol. The summed E-state index contributed by atoms with van der Waals surface area (Å²) in [5, 5.41) is 5.47. The molecule has 14 heteroatoms.